The number of aromatic nitrogens is 4. The highest BCUT2D eigenvalue weighted by molar-refractivity contribution is 7.89. The zero-order chi connectivity index (χ0) is 23.8. The van der Waals surface area contributed by atoms with Crippen LogP contribution < -0.4 is 10.5 Å². The number of benzene rings is 1. The van der Waals surface area contributed by atoms with Crippen LogP contribution in [0.25, 0.3) is 17.0 Å². The SMILES string of the molecule is N#CC12CCC(NS(=O)(=O)c3cc(-c4cn5c(N)nc(C(F)(F)F)nc5n4)ccc3F)(C1)C2. The maximum absolute atomic E-state index is 14.5. The molecule has 0 atom stereocenters. The number of nitrogens with zero attached hydrogens (tertiary/aromatic N) is 5. The number of rotatable bonds is 4. The number of sulfonamides is 1. The Morgan fingerprint density at radius 2 is 1.91 bits per heavy atom. The van der Waals surface area contributed by atoms with Crippen molar-refractivity contribution in [2.45, 2.75) is 42.3 Å². The van der Waals surface area contributed by atoms with Crippen molar-refractivity contribution in [3.63, 3.8) is 0 Å². The second kappa shape index (κ2) is 6.61. The zero-order valence-corrected chi connectivity index (χ0v) is 17.5. The van der Waals surface area contributed by atoms with E-state index in [0.29, 0.717) is 25.7 Å². The van der Waals surface area contributed by atoms with Crippen molar-refractivity contribution in [2.75, 3.05) is 5.73 Å². The van der Waals surface area contributed by atoms with Gasteiger partial charge in [-0.1, -0.05) is 0 Å². The highest BCUT2D eigenvalue weighted by Crippen LogP contribution is 2.61. The Morgan fingerprint density at radius 1 is 1.18 bits per heavy atom. The minimum atomic E-state index is -4.84. The maximum Gasteiger partial charge on any atom is 0.451 e. The fourth-order valence-electron chi connectivity index (χ4n) is 4.71. The van der Waals surface area contributed by atoms with Gasteiger partial charge in [-0.05, 0) is 43.9 Å². The normalized spacial score (nSPS) is 24.6. The molecule has 0 unspecified atom stereocenters. The third-order valence-corrected chi connectivity index (χ3v) is 7.75. The van der Waals surface area contributed by atoms with Crippen LogP contribution in [0.2, 0.25) is 0 Å². The molecule has 0 spiro atoms. The van der Waals surface area contributed by atoms with E-state index >= 15 is 0 Å². The monoisotopic (exact) mass is 481 g/mol. The van der Waals surface area contributed by atoms with Crippen molar-refractivity contribution in [3.05, 3.63) is 36.0 Å². The van der Waals surface area contributed by atoms with Gasteiger partial charge in [-0.25, -0.2) is 22.5 Å². The van der Waals surface area contributed by atoms with E-state index in [1.807, 2.05) is 0 Å². The van der Waals surface area contributed by atoms with E-state index < -0.39 is 55.4 Å². The first kappa shape index (κ1) is 21.5. The van der Waals surface area contributed by atoms with Gasteiger partial charge in [0, 0.05) is 17.3 Å². The van der Waals surface area contributed by atoms with Crippen molar-refractivity contribution >= 4 is 21.7 Å². The Bertz CT molecular complexity index is 1450. The lowest BCUT2D eigenvalue weighted by Crippen LogP contribution is -2.55. The largest absolute Gasteiger partial charge is 0.451 e. The third kappa shape index (κ3) is 3.39. The molecule has 0 saturated heterocycles. The number of halogens is 4. The molecule has 0 radical (unpaired) electrons. The van der Waals surface area contributed by atoms with Gasteiger partial charge in [-0.2, -0.15) is 28.4 Å². The molecule has 3 aliphatic carbocycles. The predicted molar refractivity (Wildman–Crippen MR) is 105 cm³/mol. The van der Waals surface area contributed by atoms with Crippen molar-refractivity contribution in [1.82, 2.24) is 24.1 Å². The van der Waals surface area contributed by atoms with E-state index in [1.54, 1.807) is 0 Å². The molecule has 3 fully saturated rings. The number of hydrogen-bond donors (Lipinski definition) is 2. The van der Waals surface area contributed by atoms with E-state index in [9.17, 15) is 31.2 Å². The van der Waals surface area contributed by atoms with Crippen LogP contribution in [0.3, 0.4) is 0 Å². The molecule has 3 saturated carbocycles. The summed E-state index contributed by atoms with van der Waals surface area (Å²) in [5, 5.41) is 9.26. The van der Waals surface area contributed by atoms with Crippen LogP contribution in [0, 0.1) is 22.6 Å². The van der Waals surface area contributed by atoms with E-state index in [4.69, 9.17) is 5.73 Å². The highest BCUT2D eigenvalue weighted by atomic mass is 32.2. The number of nitrogens with one attached hydrogen (secondary N) is 1. The van der Waals surface area contributed by atoms with Gasteiger partial charge in [0.25, 0.3) is 0 Å². The van der Waals surface area contributed by atoms with Crippen LogP contribution >= 0.6 is 0 Å². The van der Waals surface area contributed by atoms with Crippen molar-refractivity contribution in [3.8, 4) is 17.3 Å². The lowest BCUT2D eigenvalue weighted by Gasteiger charge is -2.43. The van der Waals surface area contributed by atoms with Gasteiger partial charge in [0.2, 0.25) is 27.6 Å². The zero-order valence-electron chi connectivity index (χ0n) is 16.7. The summed E-state index contributed by atoms with van der Waals surface area (Å²) >= 11 is 0. The number of imidazole rings is 1. The predicted octanol–water partition coefficient (Wildman–Crippen LogP) is 2.65. The molecule has 9 nitrogen and oxygen atoms in total. The number of alkyl halides is 3. The molecule has 2 heterocycles. The van der Waals surface area contributed by atoms with Crippen LogP contribution in [-0.2, 0) is 16.2 Å². The van der Waals surface area contributed by atoms with E-state index in [0.717, 1.165) is 16.5 Å². The molecule has 1 aromatic carbocycles. The molecule has 3 aliphatic rings. The Labute approximate surface area is 184 Å². The first-order valence-corrected chi connectivity index (χ1v) is 11.2. The second-order valence-electron chi connectivity index (χ2n) is 8.48. The average molecular weight is 481 g/mol. The van der Waals surface area contributed by atoms with Gasteiger partial charge in [0.15, 0.2) is 0 Å². The number of nitrogens with two attached hydrogens (primary N) is 1. The summed E-state index contributed by atoms with van der Waals surface area (Å²) in [6, 6.07) is 5.42. The van der Waals surface area contributed by atoms with Gasteiger partial charge in [0.1, 0.15) is 10.7 Å². The van der Waals surface area contributed by atoms with Crippen LogP contribution in [-0.4, -0.2) is 33.3 Å². The van der Waals surface area contributed by atoms with Crippen LogP contribution in [0.15, 0.2) is 29.3 Å². The number of anilines is 1. The van der Waals surface area contributed by atoms with Crippen LogP contribution in [0.1, 0.15) is 31.5 Å². The number of fused-ring (bicyclic) bond motifs is 2. The van der Waals surface area contributed by atoms with Crippen molar-refractivity contribution in [2.24, 2.45) is 5.41 Å². The minimum absolute atomic E-state index is 0.0259. The minimum Gasteiger partial charge on any atom is -0.369 e. The lowest BCUT2D eigenvalue weighted by atomic mass is 9.66. The summed E-state index contributed by atoms with van der Waals surface area (Å²) in [4.78, 5) is 9.89. The van der Waals surface area contributed by atoms with E-state index in [1.165, 1.54) is 12.3 Å². The number of nitrogen functional groups attached to an aromatic ring is 1. The molecule has 3 aromatic rings. The number of hydrogen-bond acceptors (Lipinski definition) is 7. The van der Waals surface area contributed by atoms with Gasteiger partial charge < -0.3 is 5.73 Å². The van der Waals surface area contributed by atoms with E-state index in [-0.39, 0.29) is 11.3 Å². The van der Waals surface area contributed by atoms with Crippen molar-refractivity contribution < 1.29 is 26.0 Å². The smallest absolute Gasteiger partial charge is 0.369 e. The van der Waals surface area contributed by atoms with E-state index in [2.05, 4.69) is 25.7 Å². The highest BCUT2D eigenvalue weighted by Gasteiger charge is 2.62. The standard InChI is InChI=1S/C19H15F4N7O2S/c20-11-2-1-10(12-6-30-15(25)27-14(19(21,22)23)28-16(30)26-12)5-13(11)33(31,32)29-18-4-3-17(7-18,8-18)9-24/h1-2,5-6,29H,3-4,7-8H2,(H2,25,26,27,28). The fourth-order valence-corrected chi connectivity index (χ4v) is 6.24. The van der Waals surface area contributed by atoms with Crippen LogP contribution in [0.5, 0.6) is 0 Å². The molecular weight excluding hydrogens is 466 g/mol. The molecule has 6 rings (SSSR count). The summed E-state index contributed by atoms with van der Waals surface area (Å²) < 4.78 is 82.9. The Hall–Kier alpha value is -3.31. The first-order chi connectivity index (χ1) is 15.4. The van der Waals surface area contributed by atoms with Gasteiger partial charge in [-0.15, -0.1) is 0 Å². The molecule has 2 bridgehead atoms. The molecule has 0 aliphatic heterocycles. The molecule has 33 heavy (non-hydrogen) atoms. The summed E-state index contributed by atoms with van der Waals surface area (Å²) in [6.45, 7) is 0. The Kier molecular flexibility index (Phi) is 4.31. The van der Waals surface area contributed by atoms with Crippen LogP contribution in [0.4, 0.5) is 23.5 Å². The Balaban J connectivity index is 1.51. The lowest BCUT2D eigenvalue weighted by molar-refractivity contribution is -0.144. The molecule has 3 N–H and O–H groups in total. The summed E-state index contributed by atoms with van der Waals surface area (Å²) in [5.74, 6) is -3.40. The second-order valence-corrected chi connectivity index (χ2v) is 10.1. The maximum atomic E-state index is 14.5. The summed E-state index contributed by atoms with van der Waals surface area (Å²) in [5.41, 5.74) is 4.42. The van der Waals surface area contributed by atoms with Gasteiger partial charge in [0.05, 0.1) is 17.2 Å². The topological polar surface area (TPSA) is 139 Å². The summed E-state index contributed by atoms with van der Waals surface area (Å²) in [6.07, 6.45) is -1.84. The fraction of sp³-hybridized carbons (Fsp3) is 0.368. The van der Waals surface area contributed by atoms with Gasteiger partial charge >= 0.3 is 6.18 Å². The molecule has 2 aromatic heterocycles. The van der Waals surface area contributed by atoms with Crippen molar-refractivity contribution in [1.29, 1.82) is 5.26 Å². The number of nitriles is 1. The molecular formula is C19H15F4N7O2S. The first-order valence-electron chi connectivity index (χ1n) is 9.70. The summed E-state index contributed by atoms with van der Waals surface area (Å²) in [7, 11) is -4.30. The quantitative estimate of drug-likeness (QED) is 0.546. The van der Waals surface area contributed by atoms with Gasteiger partial charge in [-0.3, -0.25) is 4.40 Å². The third-order valence-electron chi connectivity index (χ3n) is 6.15. The average Bonchev–Trinajstić information content (AvgIpc) is 3.38. The Morgan fingerprint density at radius 3 is 2.55 bits per heavy atom. The molecule has 0 amide bonds. The molecule has 172 valence electrons. The molecule has 14 heteroatoms.